The lowest BCUT2D eigenvalue weighted by atomic mass is 9.77. The van der Waals surface area contributed by atoms with Crippen LogP contribution in [0, 0.1) is 5.92 Å². The highest BCUT2D eigenvalue weighted by atomic mass is 32.1. The fourth-order valence-corrected chi connectivity index (χ4v) is 4.60. The van der Waals surface area contributed by atoms with E-state index in [4.69, 9.17) is 0 Å². The van der Waals surface area contributed by atoms with Gasteiger partial charge in [-0.3, -0.25) is 4.79 Å². The van der Waals surface area contributed by atoms with E-state index in [-0.39, 0.29) is 11.9 Å². The lowest BCUT2D eigenvalue weighted by molar-refractivity contribution is -0.119. The Morgan fingerprint density at radius 1 is 1.19 bits per heavy atom. The van der Waals surface area contributed by atoms with Crippen molar-refractivity contribution in [2.24, 2.45) is 5.92 Å². The maximum atomic E-state index is 12.4. The first kappa shape index (κ1) is 13.7. The topological polar surface area (TPSA) is 54.0 Å². The van der Waals surface area contributed by atoms with Crippen LogP contribution >= 0.6 is 11.3 Å². The van der Waals surface area contributed by atoms with E-state index in [1.807, 2.05) is 0 Å². The number of amides is 1. The van der Waals surface area contributed by atoms with Crippen LogP contribution in [-0.2, 0) is 4.79 Å². The Hall–Kier alpha value is -0.940. The van der Waals surface area contributed by atoms with Crippen molar-refractivity contribution in [2.75, 3.05) is 5.32 Å². The van der Waals surface area contributed by atoms with Crippen LogP contribution in [0.5, 0.6) is 0 Å². The highest BCUT2D eigenvalue weighted by molar-refractivity contribution is 7.13. The summed E-state index contributed by atoms with van der Waals surface area (Å²) in [5.74, 6) is 1.56. The molecule has 114 valence electrons. The summed E-state index contributed by atoms with van der Waals surface area (Å²) in [5.41, 5.74) is 1.17. The van der Waals surface area contributed by atoms with Crippen LogP contribution in [0.4, 0.5) is 5.13 Å². The minimum absolute atomic E-state index is 0.0300. The van der Waals surface area contributed by atoms with Gasteiger partial charge >= 0.3 is 0 Å². The molecule has 4 rings (SSSR count). The first-order valence-corrected chi connectivity index (χ1v) is 9.20. The number of hydrogen-bond donors (Lipinski definition) is 2. The number of nitrogens with one attached hydrogen (secondary N) is 2. The van der Waals surface area contributed by atoms with Crippen LogP contribution in [-0.4, -0.2) is 23.0 Å². The predicted octanol–water partition coefficient (Wildman–Crippen LogP) is 3.27. The Morgan fingerprint density at radius 2 is 2.05 bits per heavy atom. The number of hydrogen-bond acceptors (Lipinski definition) is 4. The van der Waals surface area contributed by atoms with E-state index in [0.717, 1.165) is 17.5 Å². The molecule has 3 unspecified atom stereocenters. The van der Waals surface area contributed by atoms with Crippen molar-refractivity contribution < 1.29 is 4.79 Å². The fraction of sp³-hybridized carbons (Fsp3) is 0.750. The molecule has 2 heterocycles. The maximum absolute atomic E-state index is 12.4. The van der Waals surface area contributed by atoms with Gasteiger partial charge in [0.1, 0.15) is 0 Å². The van der Waals surface area contributed by atoms with Gasteiger partial charge in [0.15, 0.2) is 5.13 Å². The van der Waals surface area contributed by atoms with Crippen LogP contribution < -0.4 is 10.6 Å². The molecule has 1 aromatic heterocycles. The molecule has 0 aromatic carbocycles. The summed E-state index contributed by atoms with van der Waals surface area (Å²) in [7, 11) is 0. The predicted molar refractivity (Wildman–Crippen MR) is 84.6 cm³/mol. The molecule has 1 aliphatic heterocycles. The molecule has 1 aromatic rings. The Morgan fingerprint density at radius 3 is 2.90 bits per heavy atom. The lowest BCUT2D eigenvalue weighted by Gasteiger charge is -2.39. The molecule has 1 saturated heterocycles. The number of rotatable bonds is 3. The molecular weight excluding hydrogens is 282 g/mol. The van der Waals surface area contributed by atoms with Crippen molar-refractivity contribution in [1.29, 1.82) is 0 Å². The third-order valence-corrected chi connectivity index (χ3v) is 5.99. The second-order valence-electron chi connectivity index (χ2n) is 6.79. The van der Waals surface area contributed by atoms with E-state index in [9.17, 15) is 4.79 Å². The minimum Gasteiger partial charge on any atom is -0.303 e. The quantitative estimate of drug-likeness (QED) is 0.901. The van der Waals surface area contributed by atoms with Gasteiger partial charge in [0.2, 0.25) is 5.91 Å². The number of nitrogens with zero attached hydrogens (tertiary/aromatic N) is 1. The normalized spacial score (nSPS) is 32.5. The zero-order valence-electron chi connectivity index (χ0n) is 12.3. The zero-order chi connectivity index (χ0) is 14.2. The van der Waals surface area contributed by atoms with E-state index in [1.54, 1.807) is 11.3 Å². The molecule has 3 aliphatic rings. The van der Waals surface area contributed by atoms with Crippen LogP contribution in [0.3, 0.4) is 0 Å². The van der Waals surface area contributed by atoms with E-state index in [0.29, 0.717) is 12.0 Å². The highest BCUT2D eigenvalue weighted by Gasteiger charge is 2.34. The number of piperidine rings is 1. The van der Waals surface area contributed by atoms with Crippen LogP contribution in [0.25, 0.3) is 0 Å². The fourth-order valence-electron chi connectivity index (χ4n) is 3.80. The summed E-state index contributed by atoms with van der Waals surface area (Å²) < 4.78 is 0. The average Bonchev–Trinajstić information content (AvgIpc) is 3.27. The molecule has 21 heavy (non-hydrogen) atoms. The lowest BCUT2D eigenvalue weighted by Crippen LogP contribution is -2.53. The molecule has 2 N–H and O–H groups in total. The van der Waals surface area contributed by atoms with Gasteiger partial charge in [-0.25, -0.2) is 4.98 Å². The smallest absolute Gasteiger partial charge is 0.243 e. The Labute approximate surface area is 129 Å². The number of thiazole rings is 1. The third-order valence-electron chi connectivity index (χ3n) is 5.21. The Balaban J connectivity index is 1.35. The van der Waals surface area contributed by atoms with E-state index >= 15 is 0 Å². The minimum atomic E-state index is -0.0300. The van der Waals surface area contributed by atoms with Crippen molar-refractivity contribution in [1.82, 2.24) is 10.3 Å². The second kappa shape index (κ2) is 5.69. The molecule has 2 aliphatic carbocycles. The molecule has 2 saturated carbocycles. The molecular formula is C16H23N3OS. The SMILES string of the molecule is O=C(Nc1nc(C2CC2)cs1)C1CCC2CCCCC2N1. The van der Waals surface area contributed by atoms with Crippen molar-refractivity contribution in [3.05, 3.63) is 11.1 Å². The van der Waals surface area contributed by atoms with Crippen LogP contribution in [0.1, 0.15) is 63.0 Å². The van der Waals surface area contributed by atoms with Gasteiger partial charge in [0.05, 0.1) is 11.7 Å². The monoisotopic (exact) mass is 305 g/mol. The van der Waals surface area contributed by atoms with E-state index < -0.39 is 0 Å². The van der Waals surface area contributed by atoms with Crippen molar-refractivity contribution in [3.63, 3.8) is 0 Å². The summed E-state index contributed by atoms with van der Waals surface area (Å²) in [6, 6.07) is 0.527. The number of aromatic nitrogens is 1. The van der Waals surface area contributed by atoms with Gasteiger partial charge in [-0.2, -0.15) is 0 Å². The van der Waals surface area contributed by atoms with Crippen LogP contribution in [0.15, 0.2) is 5.38 Å². The largest absolute Gasteiger partial charge is 0.303 e. The van der Waals surface area contributed by atoms with E-state index in [1.165, 1.54) is 50.6 Å². The third kappa shape index (κ3) is 2.99. The molecule has 4 nitrogen and oxygen atoms in total. The number of anilines is 1. The summed E-state index contributed by atoms with van der Waals surface area (Å²) in [5, 5.41) is 9.47. The number of carbonyl (C=O) groups is 1. The summed E-state index contributed by atoms with van der Waals surface area (Å²) in [4.78, 5) is 17.0. The molecule has 0 bridgehead atoms. The summed E-state index contributed by atoms with van der Waals surface area (Å²) >= 11 is 1.56. The number of carbonyl (C=O) groups excluding carboxylic acids is 1. The van der Waals surface area contributed by atoms with Gasteiger partial charge in [-0.1, -0.05) is 12.8 Å². The molecule has 5 heteroatoms. The van der Waals surface area contributed by atoms with Crippen LogP contribution in [0.2, 0.25) is 0 Å². The maximum Gasteiger partial charge on any atom is 0.243 e. The van der Waals surface area contributed by atoms with Crippen molar-refractivity contribution in [2.45, 2.75) is 69.4 Å². The van der Waals surface area contributed by atoms with Gasteiger partial charge in [-0.15, -0.1) is 11.3 Å². The Kier molecular flexibility index (Phi) is 3.71. The van der Waals surface area contributed by atoms with Gasteiger partial charge in [-0.05, 0) is 44.4 Å². The first-order valence-electron chi connectivity index (χ1n) is 8.32. The highest BCUT2D eigenvalue weighted by Crippen LogP contribution is 2.41. The van der Waals surface area contributed by atoms with E-state index in [2.05, 4.69) is 21.0 Å². The van der Waals surface area contributed by atoms with Gasteiger partial charge in [0, 0.05) is 17.3 Å². The van der Waals surface area contributed by atoms with Crippen molar-refractivity contribution in [3.8, 4) is 0 Å². The van der Waals surface area contributed by atoms with Gasteiger partial charge in [0.25, 0.3) is 0 Å². The van der Waals surface area contributed by atoms with Crippen molar-refractivity contribution >= 4 is 22.4 Å². The Bertz CT molecular complexity index is 525. The second-order valence-corrected chi connectivity index (χ2v) is 7.65. The first-order chi connectivity index (χ1) is 10.3. The number of fused-ring (bicyclic) bond motifs is 1. The summed E-state index contributed by atoms with van der Waals surface area (Å²) in [6.07, 6.45) is 9.91. The standard InChI is InChI=1S/C16H23N3OS/c20-15(19-16-18-14(9-21-16)11-5-6-11)13-8-7-10-3-1-2-4-12(10)17-13/h9-13,17H,1-8H2,(H,18,19,20). The average molecular weight is 305 g/mol. The molecule has 3 fully saturated rings. The molecule has 3 atom stereocenters. The zero-order valence-corrected chi connectivity index (χ0v) is 13.1. The van der Waals surface area contributed by atoms with Gasteiger partial charge < -0.3 is 10.6 Å². The molecule has 0 spiro atoms. The molecule has 0 radical (unpaired) electrons. The summed E-state index contributed by atoms with van der Waals surface area (Å²) in [6.45, 7) is 0. The molecule has 1 amide bonds.